The Morgan fingerprint density at radius 2 is 1.61 bits per heavy atom. The van der Waals surface area contributed by atoms with Gasteiger partial charge in [-0.2, -0.15) is 0 Å². The molecule has 8 heteroatoms. The summed E-state index contributed by atoms with van der Waals surface area (Å²) in [6.45, 7) is 5.03. The number of benzene rings is 1. The lowest BCUT2D eigenvalue weighted by Crippen LogP contribution is -2.68. The predicted octanol–water partition coefficient (Wildman–Crippen LogP) is 3.28. The van der Waals surface area contributed by atoms with Gasteiger partial charge < -0.3 is 24.4 Å². The number of hydrogen-bond acceptors (Lipinski definition) is 8. The van der Waals surface area contributed by atoms with Crippen molar-refractivity contribution in [3.8, 4) is 5.75 Å². The first-order valence-corrected chi connectivity index (χ1v) is 11.5. The van der Waals surface area contributed by atoms with Crippen LogP contribution in [0.5, 0.6) is 5.75 Å². The molecule has 0 aromatic heterocycles. The van der Waals surface area contributed by atoms with E-state index in [0.717, 1.165) is 0 Å². The van der Waals surface area contributed by atoms with Gasteiger partial charge in [0.15, 0.2) is 6.61 Å². The number of aromatic hydroxyl groups is 1. The summed E-state index contributed by atoms with van der Waals surface area (Å²) in [7, 11) is 0. The molecule has 0 amide bonds. The average molecular weight is 461 g/mol. The second kappa shape index (κ2) is 8.01. The van der Waals surface area contributed by atoms with Gasteiger partial charge in [-0.3, -0.25) is 4.79 Å². The topological polar surface area (TPSA) is 119 Å². The molecule has 5 rings (SSSR count). The van der Waals surface area contributed by atoms with Crippen molar-refractivity contribution >= 4 is 17.9 Å². The number of carbonyl (C=O) groups is 3. The quantitative estimate of drug-likeness (QED) is 0.470. The van der Waals surface area contributed by atoms with Crippen molar-refractivity contribution in [2.45, 2.75) is 82.5 Å². The SMILES string of the molecule is CCC(C)(C)C(=O)OC12CC3CC(O)(CC(OC(=O)COC(=O)c4ccc(O)cc4)(C3)C1)C2. The number of aliphatic hydroxyl groups is 1. The lowest BCUT2D eigenvalue weighted by Gasteiger charge is -2.63. The molecule has 1 aromatic carbocycles. The van der Waals surface area contributed by atoms with E-state index in [1.165, 1.54) is 24.3 Å². The van der Waals surface area contributed by atoms with E-state index in [1.54, 1.807) is 0 Å². The van der Waals surface area contributed by atoms with Crippen LogP contribution in [0.4, 0.5) is 0 Å². The maximum atomic E-state index is 12.9. The lowest BCUT2D eigenvalue weighted by molar-refractivity contribution is -0.270. The Morgan fingerprint density at radius 3 is 2.18 bits per heavy atom. The number of rotatable bonds is 7. The lowest BCUT2D eigenvalue weighted by atomic mass is 9.50. The van der Waals surface area contributed by atoms with Gasteiger partial charge >= 0.3 is 17.9 Å². The van der Waals surface area contributed by atoms with Crippen LogP contribution < -0.4 is 0 Å². The standard InChI is InChI=1S/C25H32O8/c1-4-22(2,3)21(29)33-25-11-16-9-23(30,14-25)13-24(10-16,15-25)32-19(27)12-31-20(28)17-5-7-18(26)8-6-17/h5-8,16,26,30H,4,9-15H2,1-3H3. The van der Waals surface area contributed by atoms with E-state index in [-0.39, 0.29) is 29.6 Å². The van der Waals surface area contributed by atoms with Crippen molar-refractivity contribution in [2.75, 3.05) is 6.61 Å². The molecule has 0 radical (unpaired) electrons. The fourth-order valence-corrected chi connectivity index (χ4v) is 6.00. The predicted molar refractivity (Wildman–Crippen MR) is 116 cm³/mol. The van der Waals surface area contributed by atoms with Gasteiger partial charge in [-0.1, -0.05) is 6.92 Å². The molecule has 4 aliphatic carbocycles. The van der Waals surface area contributed by atoms with E-state index in [1.807, 2.05) is 20.8 Å². The highest BCUT2D eigenvalue weighted by molar-refractivity contribution is 5.90. The van der Waals surface area contributed by atoms with Crippen LogP contribution in [0.3, 0.4) is 0 Å². The van der Waals surface area contributed by atoms with Crippen LogP contribution in [-0.2, 0) is 23.8 Å². The molecule has 4 unspecified atom stereocenters. The molecule has 0 aliphatic heterocycles. The Bertz CT molecular complexity index is 954. The third kappa shape index (κ3) is 4.71. The maximum absolute atomic E-state index is 12.9. The molecule has 1 aromatic rings. The van der Waals surface area contributed by atoms with E-state index in [9.17, 15) is 24.6 Å². The summed E-state index contributed by atoms with van der Waals surface area (Å²) in [6.07, 6.45) is 3.42. The van der Waals surface area contributed by atoms with Gasteiger partial charge in [-0.25, -0.2) is 9.59 Å². The van der Waals surface area contributed by atoms with Gasteiger partial charge in [0.1, 0.15) is 17.0 Å². The zero-order chi connectivity index (χ0) is 24.1. The number of esters is 3. The van der Waals surface area contributed by atoms with Crippen molar-refractivity contribution in [2.24, 2.45) is 11.3 Å². The third-order valence-electron chi connectivity index (χ3n) is 7.44. The van der Waals surface area contributed by atoms with E-state index < -0.39 is 40.8 Å². The molecule has 8 nitrogen and oxygen atoms in total. The number of phenols is 1. The molecule has 4 fully saturated rings. The third-order valence-corrected chi connectivity index (χ3v) is 7.44. The van der Waals surface area contributed by atoms with Crippen LogP contribution in [0.1, 0.15) is 76.1 Å². The van der Waals surface area contributed by atoms with E-state index in [0.29, 0.717) is 38.5 Å². The Kier molecular flexibility index (Phi) is 5.71. The van der Waals surface area contributed by atoms with Crippen LogP contribution in [0.15, 0.2) is 24.3 Å². The summed E-state index contributed by atoms with van der Waals surface area (Å²) in [6, 6.07) is 5.50. The second-order valence-electron chi connectivity index (χ2n) is 10.8. The van der Waals surface area contributed by atoms with Gasteiger partial charge in [0, 0.05) is 19.3 Å². The van der Waals surface area contributed by atoms with E-state index in [4.69, 9.17) is 14.2 Å². The molecule has 180 valence electrons. The summed E-state index contributed by atoms with van der Waals surface area (Å²) in [5.74, 6) is -1.62. The molecule has 4 aliphatic rings. The van der Waals surface area contributed by atoms with Crippen LogP contribution in [-0.4, -0.2) is 51.5 Å². The first-order valence-electron chi connectivity index (χ1n) is 11.5. The Morgan fingerprint density at radius 1 is 1.00 bits per heavy atom. The van der Waals surface area contributed by atoms with Crippen molar-refractivity contribution in [3.63, 3.8) is 0 Å². The molecule has 0 saturated heterocycles. The summed E-state index contributed by atoms with van der Waals surface area (Å²) >= 11 is 0. The fourth-order valence-electron chi connectivity index (χ4n) is 6.00. The second-order valence-corrected chi connectivity index (χ2v) is 10.8. The highest BCUT2D eigenvalue weighted by Crippen LogP contribution is 2.62. The van der Waals surface area contributed by atoms with E-state index >= 15 is 0 Å². The fraction of sp³-hybridized carbons (Fsp3) is 0.640. The summed E-state index contributed by atoms with van der Waals surface area (Å²) < 4.78 is 17.0. The van der Waals surface area contributed by atoms with Crippen molar-refractivity contribution in [3.05, 3.63) is 29.8 Å². The van der Waals surface area contributed by atoms with Crippen molar-refractivity contribution in [1.82, 2.24) is 0 Å². The summed E-state index contributed by atoms with van der Waals surface area (Å²) in [5, 5.41) is 20.5. The van der Waals surface area contributed by atoms with Crippen LogP contribution >= 0.6 is 0 Å². The molecule has 4 bridgehead atoms. The molecule has 0 spiro atoms. The Balaban J connectivity index is 1.44. The van der Waals surface area contributed by atoms with Gasteiger partial charge in [0.05, 0.1) is 16.6 Å². The summed E-state index contributed by atoms with van der Waals surface area (Å²) in [5.41, 5.74) is -3.31. The smallest absolute Gasteiger partial charge is 0.344 e. The monoisotopic (exact) mass is 460 g/mol. The summed E-state index contributed by atoms with van der Waals surface area (Å²) in [4.78, 5) is 37.6. The van der Waals surface area contributed by atoms with Gasteiger partial charge in [0.25, 0.3) is 0 Å². The number of ether oxygens (including phenoxy) is 3. The normalized spacial score (nSPS) is 32.3. The minimum absolute atomic E-state index is 0.0164. The molecular formula is C25H32O8. The Labute approximate surface area is 193 Å². The highest BCUT2D eigenvalue weighted by atomic mass is 16.6. The maximum Gasteiger partial charge on any atom is 0.344 e. The molecule has 0 heterocycles. The largest absolute Gasteiger partial charge is 0.508 e. The first-order chi connectivity index (χ1) is 15.4. The molecule has 33 heavy (non-hydrogen) atoms. The van der Waals surface area contributed by atoms with Crippen LogP contribution in [0.2, 0.25) is 0 Å². The zero-order valence-electron chi connectivity index (χ0n) is 19.4. The van der Waals surface area contributed by atoms with Crippen LogP contribution in [0, 0.1) is 11.3 Å². The molecule has 4 saturated carbocycles. The van der Waals surface area contributed by atoms with Crippen molar-refractivity contribution < 1.29 is 38.8 Å². The van der Waals surface area contributed by atoms with Gasteiger partial charge in [-0.15, -0.1) is 0 Å². The van der Waals surface area contributed by atoms with Gasteiger partial charge in [0.2, 0.25) is 0 Å². The highest BCUT2D eigenvalue weighted by Gasteiger charge is 2.66. The number of carbonyl (C=O) groups excluding carboxylic acids is 3. The first kappa shape index (κ1) is 23.5. The number of hydrogen-bond donors (Lipinski definition) is 2. The van der Waals surface area contributed by atoms with Crippen molar-refractivity contribution in [1.29, 1.82) is 0 Å². The Hall–Kier alpha value is -2.61. The molecule has 2 N–H and O–H groups in total. The minimum atomic E-state index is -1.06. The minimum Gasteiger partial charge on any atom is -0.508 e. The van der Waals surface area contributed by atoms with Crippen LogP contribution in [0.25, 0.3) is 0 Å². The molecular weight excluding hydrogens is 428 g/mol. The molecule has 4 atom stereocenters. The average Bonchev–Trinajstić information content (AvgIpc) is 2.70. The zero-order valence-corrected chi connectivity index (χ0v) is 19.4. The number of phenolic OH excluding ortho intramolecular Hbond substituents is 1. The van der Waals surface area contributed by atoms with Gasteiger partial charge in [-0.05, 0) is 69.7 Å². The van der Waals surface area contributed by atoms with E-state index in [2.05, 4.69) is 0 Å².